The van der Waals surface area contributed by atoms with Crippen molar-refractivity contribution in [1.29, 1.82) is 0 Å². The second-order valence-corrected chi connectivity index (χ2v) is 17.9. The lowest BCUT2D eigenvalue weighted by Crippen LogP contribution is -2.44. The molecule has 236 valence electrons. The van der Waals surface area contributed by atoms with Crippen molar-refractivity contribution in [3.05, 3.63) is 57.6 Å². The van der Waals surface area contributed by atoms with Crippen LogP contribution < -0.4 is 9.26 Å². The summed E-state index contributed by atoms with van der Waals surface area (Å²) in [5.41, 5.74) is 2.96. The highest BCUT2D eigenvalue weighted by Crippen LogP contribution is 2.58. The van der Waals surface area contributed by atoms with E-state index in [-0.39, 0.29) is 39.0 Å². The summed E-state index contributed by atoms with van der Waals surface area (Å²) in [6.45, 7) is 24.1. The summed E-state index contributed by atoms with van der Waals surface area (Å²) in [4.78, 5) is 13.9. The molecule has 2 aromatic carbocycles. The molecule has 8 nitrogen and oxygen atoms in total. The molecule has 3 aliphatic heterocycles. The van der Waals surface area contributed by atoms with Crippen LogP contribution in [0.1, 0.15) is 103 Å². The second kappa shape index (κ2) is 10.6. The fourth-order valence-electron chi connectivity index (χ4n) is 5.71. The molecule has 0 amide bonds. The van der Waals surface area contributed by atoms with Gasteiger partial charge in [-0.3, -0.25) is 13.8 Å². The number of hydrogen-bond acceptors (Lipinski definition) is 8. The Balaban J connectivity index is 1.59. The maximum Gasteiger partial charge on any atom is 0.530 e. The molecule has 5 rings (SSSR count). The molecule has 0 bridgehead atoms. The van der Waals surface area contributed by atoms with Crippen molar-refractivity contribution in [2.24, 2.45) is 5.41 Å². The Hall–Kier alpha value is -1.79. The zero-order chi connectivity index (χ0) is 31.8. The second-order valence-electron chi connectivity index (χ2n) is 15.6. The summed E-state index contributed by atoms with van der Waals surface area (Å²) >= 11 is 0. The van der Waals surface area contributed by atoms with E-state index < -0.39 is 24.1 Å². The fraction of sp³-hybridized carbons (Fsp3) is 0.606. The monoisotopic (exact) mass is 632 g/mol. The number of phosphoric ester groups is 1. The van der Waals surface area contributed by atoms with Crippen LogP contribution in [0.3, 0.4) is 0 Å². The van der Waals surface area contributed by atoms with Gasteiger partial charge in [0, 0.05) is 16.7 Å². The molecule has 1 unspecified atom stereocenters. The standard InChI is InChI=1S/C33H46O8P2/c1-20-12-22(32(11)25-14-21(29(2,3)4)13-24(31(8,9)10)27(25)40-28(32)34)15-23(30(5,6)7)26(20)41-43(35)38-18-33(19-39-43)16-36-42-37-17-33/h12-15,42H,16-19H2,1-11H3. The van der Waals surface area contributed by atoms with E-state index in [1.54, 1.807) is 0 Å². The summed E-state index contributed by atoms with van der Waals surface area (Å²) in [6.07, 6.45) is 0. The zero-order valence-corrected chi connectivity index (χ0v) is 29.2. The molecule has 0 aromatic heterocycles. The average Bonchev–Trinajstić information content (AvgIpc) is 3.16. The molecule has 0 aliphatic carbocycles. The fourth-order valence-corrected chi connectivity index (χ4v) is 8.03. The van der Waals surface area contributed by atoms with Crippen LogP contribution in [0.15, 0.2) is 24.3 Å². The molecule has 0 N–H and O–H groups in total. The van der Waals surface area contributed by atoms with Crippen LogP contribution in [-0.4, -0.2) is 32.4 Å². The van der Waals surface area contributed by atoms with Gasteiger partial charge in [-0.1, -0.05) is 86.6 Å². The van der Waals surface area contributed by atoms with E-state index in [1.165, 1.54) is 0 Å². The van der Waals surface area contributed by atoms with Crippen LogP contribution in [-0.2, 0) is 49.1 Å². The Kier molecular flexibility index (Phi) is 8.07. The number of benzene rings is 2. The molecular weight excluding hydrogens is 586 g/mol. The highest BCUT2D eigenvalue weighted by molar-refractivity contribution is 7.49. The Bertz CT molecular complexity index is 1470. The molecule has 1 atom stereocenters. The van der Waals surface area contributed by atoms with Crippen LogP contribution in [0.2, 0.25) is 0 Å². The van der Waals surface area contributed by atoms with Gasteiger partial charge in [0.2, 0.25) is 0 Å². The maximum absolute atomic E-state index is 13.9. The Morgan fingerprint density at radius 1 is 0.814 bits per heavy atom. The summed E-state index contributed by atoms with van der Waals surface area (Å²) in [5.74, 6) is 0.755. The highest BCUT2D eigenvalue weighted by atomic mass is 31.2. The van der Waals surface area contributed by atoms with E-state index in [0.717, 1.165) is 33.4 Å². The van der Waals surface area contributed by atoms with E-state index in [1.807, 2.05) is 26.0 Å². The minimum absolute atomic E-state index is 0.0133. The van der Waals surface area contributed by atoms with E-state index in [4.69, 9.17) is 27.4 Å². The molecular formula is C33H46O8P2. The number of fused-ring (bicyclic) bond motifs is 1. The third-order valence-corrected chi connectivity index (χ3v) is 10.5. The van der Waals surface area contributed by atoms with Crippen LogP contribution >= 0.6 is 16.9 Å². The van der Waals surface area contributed by atoms with Gasteiger partial charge in [-0.2, -0.15) is 0 Å². The predicted octanol–water partition coefficient (Wildman–Crippen LogP) is 8.19. The van der Waals surface area contributed by atoms with Gasteiger partial charge in [0.25, 0.3) is 0 Å². The lowest BCUT2D eigenvalue weighted by Gasteiger charge is -2.40. The number of esters is 1. The van der Waals surface area contributed by atoms with Crippen molar-refractivity contribution in [2.45, 2.75) is 97.8 Å². The summed E-state index contributed by atoms with van der Waals surface area (Å²) < 4.78 is 48.5. The quantitative estimate of drug-likeness (QED) is 0.190. The molecule has 0 saturated carbocycles. The minimum Gasteiger partial charge on any atom is -0.425 e. The maximum atomic E-state index is 13.9. The molecule has 2 aromatic rings. The topological polar surface area (TPSA) is 89.5 Å². The number of carbonyl (C=O) groups is 1. The molecule has 0 radical (unpaired) electrons. The van der Waals surface area contributed by atoms with Crippen LogP contribution in [0.4, 0.5) is 0 Å². The zero-order valence-electron chi connectivity index (χ0n) is 27.4. The van der Waals surface area contributed by atoms with Crippen molar-refractivity contribution in [3.8, 4) is 11.5 Å². The molecule has 43 heavy (non-hydrogen) atoms. The van der Waals surface area contributed by atoms with Crippen molar-refractivity contribution in [3.63, 3.8) is 0 Å². The van der Waals surface area contributed by atoms with E-state index in [0.29, 0.717) is 24.7 Å². The van der Waals surface area contributed by atoms with Crippen molar-refractivity contribution >= 4 is 22.8 Å². The third kappa shape index (κ3) is 5.96. The Labute approximate surface area is 258 Å². The highest BCUT2D eigenvalue weighted by Gasteiger charge is 2.51. The number of ether oxygens (including phenoxy) is 1. The minimum atomic E-state index is -3.92. The van der Waals surface area contributed by atoms with Crippen molar-refractivity contribution in [2.75, 3.05) is 26.4 Å². The van der Waals surface area contributed by atoms with Gasteiger partial charge in [0.15, 0.2) is 9.03 Å². The SMILES string of the molecule is Cc1cc(C2(C)C(=O)Oc3c(C(C)(C)C)cc(C(C)(C)C)cc32)cc(C(C)(C)C)c1OP1(=O)OCC2(COPOC2)CO1. The summed E-state index contributed by atoms with van der Waals surface area (Å²) in [5, 5.41) is 0. The van der Waals surface area contributed by atoms with E-state index in [9.17, 15) is 9.36 Å². The molecule has 2 fully saturated rings. The van der Waals surface area contributed by atoms with E-state index in [2.05, 4.69) is 74.4 Å². The first kappa shape index (κ1) is 32.6. The average molecular weight is 633 g/mol. The van der Waals surface area contributed by atoms with Crippen LogP contribution in [0.5, 0.6) is 11.5 Å². The summed E-state index contributed by atoms with van der Waals surface area (Å²) in [7, 11) is -3.94. The first-order valence-electron chi connectivity index (χ1n) is 14.8. The number of phosphoric acid groups is 1. The molecule has 3 aliphatic rings. The Morgan fingerprint density at radius 3 is 1.93 bits per heavy atom. The van der Waals surface area contributed by atoms with E-state index >= 15 is 0 Å². The number of rotatable bonds is 3. The lowest BCUT2D eigenvalue weighted by molar-refractivity contribution is -0.136. The predicted molar refractivity (Wildman–Crippen MR) is 169 cm³/mol. The molecule has 2 saturated heterocycles. The first-order valence-corrected chi connectivity index (χ1v) is 17.1. The smallest absolute Gasteiger partial charge is 0.425 e. The van der Waals surface area contributed by atoms with Gasteiger partial charge < -0.3 is 18.3 Å². The summed E-state index contributed by atoms with van der Waals surface area (Å²) in [6, 6.07) is 8.23. The molecule has 1 spiro atoms. The Morgan fingerprint density at radius 2 is 1.40 bits per heavy atom. The first-order chi connectivity index (χ1) is 19.7. The number of hydrogen-bond donors (Lipinski definition) is 0. The van der Waals surface area contributed by atoms with Gasteiger partial charge in [-0.15, -0.1) is 0 Å². The van der Waals surface area contributed by atoms with Crippen molar-refractivity contribution in [1.82, 2.24) is 0 Å². The lowest BCUT2D eigenvalue weighted by atomic mass is 9.71. The normalized spacial score (nSPS) is 28.7. The van der Waals surface area contributed by atoms with Gasteiger partial charge in [-0.05, 0) is 46.8 Å². The molecule has 3 heterocycles. The third-order valence-electron chi connectivity index (χ3n) is 8.70. The largest absolute Gasteiger partial charge is 0.530 e. The van der Waals surface area contributed by atoms with Gasteiger partial charge in [-0.25, -0.2) is 4.57 Å². The molecule has 10 heteroatoms. The number of carbonyl (C=O) groups excluding carboxylic acids is 1. The van der Waals surface area contributed by atoms with Crippen molar-refractivity contribution < 1.29 is 36.7 Å². The number of aryl methyl sites for hydroxylation is 1. The van der Waals surface area contributed by atoms with Crippen LogP contribution in [0.25, 0.3) is 0 Å². The van der Waals surface area contributed by atoms with Gasteiger partial charge in [0.05, 0.1) is 31.8 Å². The van der Waals surface area contributed by atoms with Crippen LogP contribution in [0, 0.1) is 12.3 Å². The van der Waals surface area contributed by atoms with Gasteiger partial charge in [0.1, 0.15) is 16.9 Å². The van der Waals surface area contributed by atoms with Gasteiger partial charge >= 0.3 is 13.8 Å².